The fourth-order valence-corrected chi connectivity index (χ4v) is 3.56. The van der Waals surface area contributed by atoms with E-state index in [2.05, 4.69) is 76.9 Å². The van der Waals surface area contributed by atoms with Gasteiger partial charge in [0.25, 0.3) is 0 Å². The zero-order valence-corrected chi connectivity index (χ0v) is 13.9. The minimum atomic E-state index is 0.218. The average Bonchev–Trinajstić information content (AvgIpc) is 2.92. The first kappa shape index (κ1) is 15.3. The highest BCUT2D eigenvalue weighted by molar-refractivity contribution is 5.78. The molecule has 24 heavy (non-hydrogen) atoms. The fourth-order valence-electron chi connectivity index (χ4n) is 3.56. The van der Waals surface area contributed by atoms with Crippen LogP contribution < -0.4 is 5.32 Å². The molecule has 1 atom stereocenters. The summed E-state index contributed by atoms with van der Waals surface area (Å²) in [4.78, 5) is 7.56. The minimum absolute atomic E-state index is 0.218. The van der Waals surface area contributed by atoms with Crippen LogP contribution in [0.3, 0.4) is 0 Å². The summed E-state index contributed by atoms with van der Waals surface area (Å²) in [6, 6.07) is 23.7. The lowest BCUT2D eigenvalue weighted by molar-refractivity contribution is 0.237. The number of para-hydroxylation sites is 1. The number of benzene rings is 2. The molecule has 1 saturated heterocycles. The van der Waals surface area contributed by atoms with Gasteiger partial charge >= 0.3 is 0 Å². The van der Waals surface area contributed by atoms with Crippen LogP contribution in [-0.4, -0.2) is 36.1 Å². The zero-order chi connectivity index (χ0) is 16.2. The molecule has 3 aromatic rings. The van der Waals surface area contributed by atoms with Gasteiger partial charge in [-0.1, -0.05) is 54.6 Å². The molecule has 1 aliphatic rings. The first-order valence-corrected chi connectivity index (χ1v) is 8.77. The highest BCUT2D eigenvalue weighted by Gasteiger charge is 2.24. The van der Waals surface area contributed by atoms with Gasteiger partial charge in [-0.2, -0.15) is 0 Å². The van der Waals surface area contributed by atoms with E-state index in [9.17, 15) is 0 Å². The summed E-state index contributed by atoms with van der Waals surface area (Å²) in [6.07, 6.45) is 1.18. The van der Waals surface area contributed by atoms with Crippen molar-refractivity contribution < 1.29 is 0 Å². The van der Waals surface area contributed by atoms with Crippen LogP contribution in [0.4, 0.5) is 0 Å². The molecule has 0 radical (unpaired) electrons. The molecule has 122 valence electrons. The van der Waals surface area contributed by atoms with E-state index in [0.717, 1.165) is 37.4 Å². The Hall–Kier alpha value is -2.23. The van der Waals surface area contributed by atoms with E-state index < -0.39 is 0 Å². The Kier molecular flexibility index (Phi) is 4.54. The number of rotatable bonds is 3. The molecule has 0 spiro atoms. The Labute approximate surface area is 143 Å². The van der Waals surface area contributed by atoms with Gasteiger partial charge in [-0.25, -0.2) is 0 Å². The Morgan fingerprint density at radius 2 is 1.67 bits per heavy atom. The van der Waals surface area contributed by atoms with Gasteiger partial charge in [-0.05, 0) is 30.7 Å². The first-order chi connectivity index (χ1) is 11.9. The summed E-state index contributed by atoms with van der Waals surface area (Å²) in [5, 5.41) is 4.70. The van der Waals surface area contributed by atoms with Gasteiger partial charge < -0.3 is 5.32 Å². The number of nitrogens with one attached hydrogen (secondary N) is 1. The van der Waals surface area contributed by atoms with E-state index in [-0.39, 0.29) is 6.04 Å². The molecular formula is C21H23N3. The van der Waals surface area contributed by atoms with Gasteiger partial charge in [0.05, 0.1) is 17.3 Å². The summed E-state index contributed by atoms with van der Waals surface area (Å²) in [7, 11) is 0. The molecule has 3 heteroatoms. The van der Waals surface area contributed by atoms with Crippen molar-refractivity contribution in [1.29, 1.82) is 0 Å². The van der Waals surface area contributed by atoms with Crippen molar-refractivity contribution in [3.63, 3.8) is 0 Å². The Balaban J connectivity index is 1.78. The van der Waals surface area contributed by atoms with Crippen LogP contribution in [0.15, 0.2) is 66.7 Å². The largest absolute Gasteiger partial charge is 0.315 e. The van der Waals surface area contributed by atoms with Gasteiger partial charge in [0.2, 0.25) is 0 Å². The second kappa shape index (κ2) is 7.12. The maximum absolute atomic E-state index is 5.00. The molecule has 0 bridgehead atoms. The number of pyridine rings is 1. The average molecular weight is 317 g/mol. The predicted molar refractivity (Wildman–Crippen MR) is 99.1 cm³/mol. The van der Waals surface area contributed by atoms with Crippen LogP contribution in [0.5, 0.6) is 0 Å². The number of aromatic nitrogens is 1. The fraction of sp³-hybridized carbons (Fsp3) is 0.286. The molecule has 2 heterocycles. The molecule has 1 N–H and O–H groups in total. The SMILES string of the molecule is c1ccc(C(c2ccc3ccccc3n2)N2CCCNCC2)cc1. The van der Waals surface area contributed by atoms with E-state index in [1.54, 1.807) is 0 Å². The van der Waals surface area contributed by atoms with Crippen molar-refractivity contribution in [2.75, 3.05) is 26.2 Å². The zero-order valence-electron chi connectivity index (χ0n) is 13.9. The molecule has 1 unspecified atom stereocenters. The van der Waals surface area contributed by atoms with E-state index in [0.29, 0.717) is 0 Å². The van der Waals surface area contributed by atoms with E-state index in [1.165, 1.54) is 17.4 Å². The summed E-state index contributed by atoms with van der Waals surface area (Å²) in [5.74, 6) is 0. The van der Waals surface area contributed by atoms with Crippen LogP contribution >= 0.6 is 0 Å². The molecule has 1 aromatic heterocycles. The Morgan fingerprint density at radius 1 is 0.833 bits per heavy atom. The summed E-state index contributed by atoms with van der Waals surface area (Å²) in [6.45, 7) is 4.29. The lowest BCUT2D eigenvalue weighted by Crippen LogP contribution is -2.33. The Morgan fingerprint density at radius 3 is 2.58 bits per heavy atom. The van der Waals surface area contributed by atoms with Gasteiger partial charge in [-0.3, -0.25) is 9.88 Å². The molecule has 0 amide bonds. The molecule has 0 saturated carbocycles. The van der Waals surface area contributed by atoms with Crippen LogP contribution in [0.25, 0.3) is 10.9 Å². The molecule has 0 aliphatic carbocycles. The van der Waals surface area contributed by atoms with Gasteiger partial charge in [0.15, 0.2) is 0 Å². The third kappa shape index (κ3) is 3.18. The highest BCUT2D eigenvalue weighted by atomic mass is 15.2. The van der Waals surface area contributed by atoms with Gasteiger partial charge in [0.1, 0.15) is 0 Å². The van der Waals surface area contributed by atoms with Crippen molar-refractivity contribution in [2.24, 2.45) is 0 Å². The van der Waals surface area contributed by atoms with E-state index >= 15 is 0 Å². The molecular weight excluding hydrogens is 294 g/mol. The lowest BCUT2D eigenvalue weighted by Gasteiger charge is -2.30. The molecule has 4 rings (SSSR count). The highest BCUT2D eigenvalue weighted by Crippen LogP contribution is 2.29. The number of fused-ring (bicyclic) bond motifs is 1. The molecule has 3 nitrogen and oxygen atoms in total. The molecule has 2 aromatic carbocycles. The second-order valence-corrected chi connectivity index (χ2v) is 6.38. The standard InChI is InChI=1S/C21H23N3/c1-2-8-18(9-3-1)21(24-15-6-13-22-14-16-24)20-12-11-17-7-4-5-10-19(17)23-20/h1-5,7-12,21-22H,6,13-16H2. The van der Waals surface area contributed by atoms with Crippen LogP contribution in [0, 0.1) is 0 Å². The second-order valence-electron chi connectivity index (χ2n) is 6.38. The minimum Gasteiger partial charge on any atom is -0.315 e. The topological polar surface area (TPSA) is 28.2 Å². The quantitative estimate of drug-likeness (QED) is 0.800. The third-order valence-electron chi connectivity index (χ3n) is 4.76. The molecule has 1 aliphatic heterocycles. The number of hydrogen-bond donors (Lipinski definition) is 1. The Bertz CT molecular complexity index is 792. The number of nitrogens with zero attached hydrogens (tertiary/aromatic N) is 2. The maximum Gasteiger partial charge on any atom is 0.0777 e. The van der Waals surface area contributed by atoms with Crippen molar-refractivity contribution in [3.8, 4) is 0 Å². The van der Waals surface area contributed by atoms with Crippen molar-refractivity contribution in [1.82, 2.24) is 15.2 Å². The molecule has 1 fully saturated rings. The summed E-state index contributed by atoms with van der Waals surface area (Å²) < 4.78 is 0. The third-order valence-corrected chi connectivity index (χ3v) is 4.76. The monoisotopic (exact) mass is 317 g/mol. The first-order valence-electron chi connectivity index (χ1n) is 8.77. The lowest BCUT2D eigenvalue weighted by atomic mass is 10.00. The van der Waals surface area contributed by atoms with Crippen molar-refractivity contribution >= 4 is 10.9 Å². The number of hydrogen-bond acceptors (Lipinski definition) is 3. The van der Waals surface area contributed by atoms with Gasteiger partial charge in [0, 0.05) is 25.0 Å². The van der Waals surface area contributed by atoms with Crippen LogP contribution in [0.2, 0.25) is 0 Å². The summed E-state index contributed by atoms with van der Waals surface area (Å²) >= 11 is 0. The van der Waals surface area contributed by atoms with E-state index in [1.807, 2.05) is 0 Å². The summed E-state index contributed by atoms with van der Waals surface area (Å²) in [5.41, 5.74) is 3.54. The smallest absolute Gasteiger partial charge is 0.0777 e. The van der Waals surface area contributed by atoms with Crippen LogP contribution in [0.1, 0.15) is 23.7 Å². The van der Waals surface area contributed by atoms with Crippen molar-refractivity contribution in [3.05, 3.63) is 78.0 Å². The maximum atomic E-state index is 5.00. The van der Waals surface area contributed by atoms with Crippen LogP contribution in [-0.2, 0) is 0 Å². The predicted octanol–water partition coefficient (Wildman–Crippen LogP) is 3.62. The van der Waals surface area contributed by atoms with Gasteiger partial charge in [-0.15, -0.1) is 0 Å². The van der Waals surface area contributed by atoms with E-state index in [4.69, 9.17) is 4.98 Å². The van der Waals surface area contributed by atoms with Crippen molar-refractivity contribution in [2.45, 2.75) is 12.5 Å². The normalized spacial score (nSPS) is 17.5.